The van der Waals surface area contributed by atoms with Gasteiger partial charge in [-0.1, -0.05) is 0 Å². The van der Waals surface area contributed by atoms with E-state index in [1.54, 1.807) is 28.1 Å². The summed E-state index contributed by atoms with van der Waals surface area (Å²) >= 11 is 0. The van der Waals surface area contributed by atoms with Crippen LogP contribution in [-0.4, -0.2) is 43.9 Å². The van der Waals surface area contributed by atoms with Crippen molar-refractivity contribution in [1.29, 1.82) is 0 Å². The third-order valence-corrected chi connectivity index (χ3v) is 3.24. The molecule has 0 saturated heterocycles. The molecule has 0 spiro atoms. The van der Waals surface area contributed by atoms with E-state index in [-0.39, 0.29) is 6.04 Å². The topological polar surface area (TPSA) is 41.9 Å². The molecule has 1 atom stereocenters. The molecule has 108 valence electrons. The smallest absolute Gasteiger partial charge is 0.127 e. The van der Waals surface area contributed by atoms with Crippen molar-refractivity contribution in [1.82, 2.24) is 4.90 Å². The Morgan fingerprint density at radius 1 is 1.16 bits per heavy atom. The van der Waals surface area contributed by atoms with Crippen molar-refractivity contribution in [3.63, 3.8) is 0 Å². The number of aliphatic hydroxyl groups is 1. The van der Waals surface area contributed by atoms with Gasteiger partial charge in [-0.2, -0.15) is 0 Å². The first kappa shape index (κ1) is 15.8. The standard InChI is InChI=1S/C15H25NO3/c1-10-8-11(18-6)9-12(19-7)13(10)14(16(4)5)15(2,3)17/h8-9,14,17H,1-7H3. The fourth-order valence-electron chi connectivity index (χ4n) is 2.61. The van der Waals surface area contributed by atoms with Gasteiger partial charge in [-0.05, 0) is 46.5 Å². The van der Waals surface area contributed by atoms with Gasteiger partial charge in [0.05, 0.1) is 25.9 Å². The molecule has 0 heterocycles. The summed E-state index contributed by atoms with van der Waals surface area (Å²) in [6, 6.07) is 3.65. The average molecular weight is 267 g/mol. The highest BCUT2D eigenvalue weighted by Crippen LogP contribution is 2.39. The summed E-state index contributed by atoms with van der Waals surface area (Å²) in [4.78, 5) is 2.00. The van der Waals surface area contributed by atoms with Gasteiger partial charge in [0.25, 0.3) is 0 Å². The Morgan fingerprint density at radius 3 is 2.11 bits per heavy atom. The summed E-state index contributed by atoms with van der Waals surface area (Å²) in [7, 11) is 7.17. The van der Waals surface area contributed by atoms with Crippen LogP contribution in [0.5, 0.6) is 11.5 Å². The zero-order valence-electron chi connectivity index (χ0n) is 12.9. The van der Waals surface area contributed by atoms with Gasteiger partial charge in [-0.25, -0.2) is 0 Å². The van der Waals surface area contributed by atoms with E-state index >= 15 is 0 Å². The van der Waals surface area contributed by atoms with Crippen molar-refractivity contribution in [2.75, 3.05) is 28.3 Å². The molecule has 0 radical (unpaired) electrons. The molecule has 0 aliphatic rings. The highest BCUT2D eigenvalue weighted by Gasteiger charge is 2.34. The maximum Gasteiger partial charge on any atom is 0.127 e. The zero-order valence-corrected chi connectivity index (χ0v) is 12.9. The van der Waals surface area contributed by atoms with Gasteiger partial charge in [0, 0.05) is 11.6 Å². The summed E-state index contributed by atoms with van der Waals surface area (Å²) < 4.78 is 10.7. The highest BCUT2D eigenvalue weighted by molar-refractivity contribution is 5.48. The summed E-state index contributed by atoms with van der Waals surface area (Å²) in [5.41, 5.74) is 1.15. The van der Waals surface area contributed by atoms with Crippen LogP contribution in [0.25, 0.3) is 0 Å². The zero-order chi connectivity index (χ0) is 14.8. The number of nitrogens with zero attached hydrogens (tertiary/aromatic N) is 1. The second-order valence-electron chi connectivity index (χ2n) is 5.58. The van der Waals surface area contributed by atoms with Gasteiger partial charge < -0.3 is 14.6 Å². The Hall–Kier alpha value is -1.26. The van der Waals surface area contributed by atoms with Gasteiger partial charge in [0.2, 0.25) is 0 Å². The second-order valence-corrected chi connectivity index (χ2v) is 5.58. The Balaban J connectivity index is 3.46. The predicted octanol–water partition coefficient (Wildman–Crippen LogP) is 2.39. The lowest BCUT2D eigenvalue weighted by Crippen LogP contribution is -2.39. The van der Waals surface area contributed by atoms with Crippen LogP contribution >= 0.6 is 0 Å². The molecule has 0 aromatic heterocycles. The van der Waals surface area contributed by atoms with Gasteiger partial charge >= 0.3 is 0 Å². The van der Waals surface area contributed by atoms with Crippen LogP contribution in [0.2, 0.25) is 0 Å². The minimum Gasteiger partial charge on any atom is -0.497 e. The number of likely N-dealkylation sites (N-methyl/N-ethyl adjacent to an activating group) is 1. The molecule has 1 N–H and O–H groups in total. The number of hydrogen-bond acceptors (Lipinski definition) is 4. The second kappa shape index (κ2) is 5.80. The van der Waals surface area contributed by atoms with Crippen molar-refractivity contribution in [2.45, 2.75) is 32.4 Å². The quantitative estimate of drug-likeness (QED) is 0.889. The molecule has 0 bridgehead atoms. The predicted molar refractivity (Wildman–Crippen MR) is 77.0 cm³/mol. The van der Waals surface area contributed by atoms with Crippen molar-refractivity contribution in [3.8, 4) is 11.5 Å². The fourth-order valence-corrected chi connectivity index (χ4v) is 2.61. The first-order valence-electron chi connectivity index (χ1n) is 6.33. The van der Waals surface area contributed by atoms with Crippen molar-refractivity contribution in [2.24, 2.45) is 0 Å². The van der Waals surface area contributed by atoms with E-state index < -0.39 is 5.60 Å². The van der Waals surface area contributed by atoms with E-state index in [0.717, 1.165) is 22.6 Å². The van der Waals surface area contributed by atoms with Crippen LogP contribution in [0.4, 0.5) is 0 Å². The SMILES string of the molecule is COc1cc(C)c(C(N(C)C)C(C)(C)O)c(OC)c1. The van der Waals surface area contributed by atoms with Gasteiger partial charge in [0.1, 0.15) is 11.5 Å². The summed E-state index contributed by atoms with van der Waals surface area (Å²) in [6.45, 7) is 5.62. The van der Waals surface area contributed by atoms with Crippen LogP contribution in [0.1, 0.15) is 31.0 Å². The van der Waals surface area contributed by atoms with Crippen LogP contribution in [0.3, 0.4) is 0 Å². The first-order valence-corrected chi connectivity index (χ1v) is 6.33. The molecule has 1 rings (SSSR count). The molecule has 0 aliphatic heterocycles. The van der Waals surface area contributed by atoms with Crippen molar-refractivity contribution < 1.29 is 14.6 Å². The molecular formula is C15H25NO3. The Kier molecular flexibility index (Phi) is 4.82. The van der Waals surface area contributed by atoms with Crippen LogP contribution in [0, 0.1) is 6.92 Å². The number of benzene rings is 1. The normalized spacial score (nSPS) is 13.5. The molecule has 4 nitrogen and oxygen atoms in total. The molecule has 1 aromatic rings. The molecule has 0 saturated carbocycles. The minimum atomic E-state index is -0.879. The van der Waals surface area contributed by atoms with E-state index in [0.29, 0.717) is 0 Å². The maximum atomic E-state index is 10.4. The van der Waals surface area contributed by atoms with E-state index in [4.69, 9.17) is 9.47 Å². The lowest BCUT2D eigenvalue weighted by Gasteiger charge is -2.36. The van der Waals surface area contributed by atoms with E-state index in [9.17, 15) is 5.11 Å². The molecule has 0 fully saturated rings. The Bertz CT molecular complexity index is 436. The van der Waals surface area contributed by atoms with Gasteiger partial charge in [-0.15, -0.1) is 0 Å². The van der Waals surface area contributed by atoms with Gasteiger partial charge in [0.15, 0.2) is 0 Å². The largest absolute Gasteiger partial charge is 0.497 e. The molecular weight excluding hydrogens is 242 g/mol. The van der Waals surface area contributed by atoms with Crippen LogP contribution in [-0.2, 0) is 0 Å². The molecule has 1 unspecified atom stereocenters. The van der Waals surface area contributed by atoms with E-state index in [1.807, 2.05) is 38.1 Å². The number of methoxy groups -OCH3 is 2. The van der Waals surface area contributed by atoms with Crippen LogP contribution in [0.15, 0.2) is 12.1 Å². The minimum absolute atomic E-state index is 0.159. The number of ether oxygens (including phenoxy) is 2. The first-order chi connectivity index (χ1) is 8.72. The molecule has 0 amide bonds. The van der Waals surface area contributed by atoms with Gasteiger partial charge in [-0.3, -0.25) is 4.90 Å². The highest BCUT2D eigenvalue weighted by atomic mass is 16.5. The Labute approximate surface area is 115 Å². The molecule has 1 aromatic carbocycles. The van der Waals surface area contributed by atoms with E-state index in [1.165, 1.54) is 0 Å². The Morgan fingerprint density at radius 2 is 1.74 bits per heavy atom. The number of rotatable bonds is 5. The average Bonchev–Trinajstić information content (AvgIpc) is 2.28. The van der Waals surface area contributed by atoms with Crippen LogP contribution < -0.4 is 9.47 Å². The summed E-state index contributed by atoms with van der Waals surface area (Å²) in [6.07, 6.45) is 0. The summed E-state index contributed by atoms with van der Waals surface area (Å²) in [5, 5.41) is 10.4. The molecule has 4 heteroatoms. The molecule has 19 heavy (non-hydrogen) atoms. The number of hydrogen-bond donors (Lipinski definition) is 1. The third-order valence-electron chi connectivity index (χ3n) is 3.24. The number of aryl methyl sites for hydroxylation is 1. The van der Waals surface area contributed by atoms with Crippen molar-refractivity contribution >= 4 is 0 Å². The van der Waals surface area contributed by atoms with Crippen molar-refractivity contribution in [3.05, 3.63) is 23.3 Å². The fraction of sp³-hybridized carbons (Fsp3) is 0.600. The maximum absolute atomic E-state index is 10.4. The summed E-state index contributed by atoms with van der Waals surface area (Å²) in [5.74, 6) is 1.49. The lowest BCUT2D eigenvalue weighted by molar-refractivity contribution is -0.00441. The lowest BCUT2D eigenvalue weighted by atomic mass is 9.87. The third kappa shape index (κ3) is 3.39. The monoisotopic (exact) mass is 267 g/mol. The molecule has 0 aliphatic carbocycles. The van der Waals surface area contributed by atoms with E-state index in [2.05, 4.69) is 0 Å².